The molecule has 0 N–H and O–H groups in total. The number of nitro benzene ring substituents is 1. The van der Waals surface area contributed by atoms with Gasteiger partial charge in [0.05, 0.1) is 4.92 Å². The second-order valence-corrected chi connectivity index (χ2v) is 8.64. The van der Waals surface area contributed by atoms with Gasteiger partial charge in [-0.1, -0.05) is 60.1 Å². The van der Waals surface area contributed by atoms with Gasteiger partial charge in [-0.25, -0.2) is 0 Å². The van der Waals surface area contributed by atoms with Gasteiger partial charge < -0.3 is 4.90 Å². The maximum Gasteiger partial charge on any atom is 0.293 e. The zero-order valence-electron chi connectivity index (χ0n) is 18.4. The van der Waals surface area contributed by atoms with Gasteiger partial charge in [-0.2, -0.15) is 0 Å². The summed E-state index contributed by atoms with van der Waals surface area (Å²) in [4.78, 5) is 38.6. The third kappa shape index (κ3) is 5.41. The van der Waals surface area contributed by atoms with Gasteiger partial charge in [-0.15, -0.1) is 0 Å². The minimum absolute atomic E-state index is 0.100. The van der Waals surface area contributed by atoms with Crippen LogP contribution in [0.5, 0.6) is 0 Å². The van der Waals surface area contributed by atoms with Crippen LogP contribution in [-0.4, -0.2) is 29.6 Å². The number of carbonyl (C=O) groups excluding carboxylic acids is 2. The molecule has 1 heterocycles. The summed E-state index contributed by atoms with van der Waals surface area (Å²) in [5, 5.41) is 12.4. The Morgan fingerprint density at radius 3 is 2.26 bits per heavy atom. The predicted octanol–water partition coefficient (Wildman–Crippen LogP) is 6.24. The van der Waals surface area contributed by atoms with Crippen molar-refractivity contribution in [2.45, 2.75) is 12.8 Å². The van der Waals surface area contributed by atoms with Gasteiger partial charge in [0.15, 0.2) is 11.6 Å². The molecule has 1 fully saturated rings. The van der Waals surface area contributed by atoms with Crippen LogP contribution in [0.15, 0.2) is 78.9 Å². The molecule has 3 aromatic carbocycles. The summed E-state index contributed by atoms with van der Waals surface area (Å²) in [6.45, 7) is 1.07. The Balaban J connectivity index is 1.47. The van der Waals surface area contributed by atoms with E-state index < -0.39 is 4.92 Å². The molecule has 3 aromatic rings. The first-order valence-corrected chi connectivity index (χ1v) is 11.4. The smallest absolute Gasteiger partial charge is 0.293 e. The molecule has 0 spiro atoms. The summed E-state index contributed by atoms with van der Waals surface area (Å²) in [7, 11) is 0. The van der Waals surface area contributed by atoms with Crippen molar-refractivity contribution in [2.24, 2.45) is 5.92 Å². The zero-order chi connectivity index (χ0) is 24.1. The number of piperidine rings is 1. The predicted molar refractivity (Wildman–Crippen MR) is 134 cm³/mol. The van der Waals surface area contributed by atoms with Gasteiger partial charge in [0.25, 0.3) is 5.69 Å². The molecule has 6 nitrogen and oxygen atoms in total. The highest BCUT2D eigenvalue weighted by molar-refractivity contribution is 6.30. The first-order chi connectivity index (χ1) is 16.4. The van der Waals surface area contributed by atoms with Crippen LogP contribution in [0.2, 0.25) is 5.02 Å². The normalized spacial score (nSPS) is 14.3. The second-order valence-electron chi connectivity index (χ2n) is 8.20. The van der Waals surface area contributed by atoms with Gasteiger partial charge in [0, 0.05) is 41.2 Å². The highest BCUT2D eigenvalue weighted by Crippen LogP contribution is 2.33. The van der Waals surface area contributed by atoms with Crippen LogP contribution >= 0.6 is 11.6 Å². The lowest BCUT2D eigenvalue weighted by atomic mass is 9.88. The van der Waals surface area contributed by atoms with E-state index in [1.807, 2.05) is 35.2 Å². The topological polar surface area (TPSA) is 80.5 Å². The average molecular weight is 475 g/mol. The monoisotopic (exact) mass is 474 g/mol. The van der Waals surface area contributed by atoms with E-state index in [0.717, 1.165) is 5.56 Å². The van der Waals surface area contributed by atoms with Gasteiger partial charge >= 0.3 is 0 Å². The molecular weight excluding hydrogens is 452 g/mol. The van der Waals surface area contributed by atoms with Crippen molar-refractivity contribution in [1.29, 1.82) is 0 Å². The lowest BCUT2D eigenvalue weighted by Crippen LogP contribution is -2.36. The number of benzene rings is 3. The fourth-order valence-electron chi connectivity index (χ4n) is 4.15. The Morgan fingerprint density at radius 2 is 1.62 bits per heavy atom. The third-order valence-electron chi connectivity index (χ3n) is 6.02. The Morgan fingerprint density at radius 1 is 0.941 bits per heavy atom. The molecule has 1 aliphatic heterocycles. The molecule has 1 aliphatic rings. The first kappa shape index (κ1) is 23.4. The van der Waals surface area contributed by atoms with E-state index in [0.29, 0.717) is 42.2 Å². The van der Waals surface area contributed by atoms with Gasteiger partial charge in [-0.05, 0) is 48.7 Å². The SMILES string of the molecule is O=C(/C=C\c1ccc(Cl)cc1)c1ccc(N2CCC(C(=O)c3ccccc3)CC2)c([N+](=O)[O-])c1. The molecule has 172 valence electrons. The lowest BCUT2D eigenvalue weighted by molar-refractivity contribution is -0.384. The summed E-state index contributed by atoms with van der Waals surface area (Å²) in [5.74, 6) is -0.309. The van der Waals surface area contributed by atoms with E-state index in [1.54, 1.807) is 42.5 Å². The number of halogens is 1. The number of Topliss-reactive ketones (excluding diaryl/α,β-unsaturated/α-hetero) is 1. The largest absolute Gasteiger partial charge is 0.366 e. The molecular formula is C27H23ClN2O4. The van der Waals surface area contributed by atoms with Crippen LogP contribution in [0, 0.1) is 16.0 Å². The van der Waals surface area contributed by atoms with Gasteiger partial charge in [0.1, 0.15) is 5.69 Å². The van der Waals surface area contributed by atoms with E-state index in [9.17, 15) is 19.7 Å². The molecule has 1 saturated heterocycles. The molecule has 0 aromatic heterocycles. The zero-order valence-corrected chi connectivity index (χ0v) is 19.1. The minimum Gasteiger partial charge on any atom is -0.366 e. The van der Waals surface area contributed by atoms with Crippen LogP contribution in [0.4, 0.5) is 11.4 Å². The molecule has 0 atom stereocenters. The molecule has 4 rings (SSSR count). The van der Waals surface area contributed by atoms with Crippen LogP contribution in [0.3, 0.4) is 0 Å². The number of carbonyl (C=O) groups is 2. The number of hydrogen-bond acceptors (Lipinski definition) is 5. The van der Waals surface area contributed by atoms with E-state index in [1.165, 1.54) is 12.1 Å². The summed E-state index contributed by atoms with van der Waals surface area (Å²) < 4.78 is 0. The number of allylic oxidation sites excluding steroid dienone is 1. The summed E-state index contributed by atoms with van der Waals surface area (Å²) >= 11 is 5.87. The van der Waals surface area contributed by atoms with Gasteiger partial charge in [-0.3, -0.25) is 19.7 Å². The van der Waals surface area contributed by atoms with Crippen molar-refractivity contribution in [3.8, 4) is 0 Å². The second kappa shape index (κ2) is 10.4. The maximum absolute atomic E-state index is 12.7. The van der Waals surface area contributed by atoms with E-state index in [4.69, 9.17) is 11.6 Å². The Bertz CT molecular complexity index is 1230. The maximum atomic E-state index is 12.7. The van der Waals surface area contributed by atoms with E-state index >= 15 is 0 Å². The number of hydrogen-bond donors (Lipinski definition) is 0. The Kier molecular flexibility index (Phi) is 7.18. The van der Waals surface area contributed by atoms with Crippen LogP contribution < -0.4 is 4.90 Å². The third-order valence-corrected chi connectivity index (χ3v) is 6.27. The molecule has 34 heavy (non-hydrogen) atoms. The molecule has 0 radical (unpaired) electrons. The molecule has 7 heteroatoms. The van der Waals surface area contributed by atoms with Crippen LogP contribution in [-0.2, 0) is 0 Å². The summed E-state index contributed by atoms with van der Waals surface area (Å²) in [6, 6.07) is 20.8. The Labute approximate surface area is 202 Å². The van der Waals surface area contributed by atoms with Crippen molar-refractivity contribution in [3.63, 3.8) is 0 Å². The molecule has 0 saturated carbocycles. The lowest BCUT2D eigenvalue weighted by Gasteiger charge is -2.32. The quantitative estimate of drug-likeness (QED) is 0.175. The molecule has 0 aliphatic carbocycles. The highest BCUT2D eigenvalue weighted by Gasteiger charge is 2.29. The number of nitrogens with zero attached hydrogens (tertiary/aromatic N) is 2. The number of rotatable bonds is 7. The van der Waals surface area contributed by atoms with Crippen LogP contribution in [0.1, 0.15) is 39.1 Å². The molecule has 0 amide bonds. The standard InChI is InChI=1S/C27H23ClN2O4/c28-23-10-6-19(7-11-23)8-13-26(31)22-9-12-24(25(18-22)30(33)34)29-16-14-21(15-17-29)27(32)20-4-2-1-3-5-20/h1-13,18,21H,14-17H2/b13-8-. The number of ketones is 2. The fourth-order valence-corrected chi connectivity index (χ4v) is 4.28. The number of anilines is 1. The van der Waals surface area contributed by atoms with Crippen molar-refractivity contribution in [2.75, 3.05) is 18.0 Å². The highest BCUT2D eigenvalue weighted by atomic mass is 35.5. The molecule has 0 bridgehead atoms. The number of nitro groups is 1. The van der Waals surface area contributed by atoms with Crippen molar-refractivity contribution >= 4 is 40.6 Å². The fraction of sp³-hybridized carbons (Fsp3) is 0.185. The van der Waals surface area contributed by atoms with E-state index in [2.05, 4.69) is 0 Å². The van der Waals surface area contributed by atoms with Crippen molar-refractivity contribution < 1.29 is 14.5 Å². The average Bonchev–Trinajstić information content (AvgIpc) is 2.88. The van der Waals surface area contributed by atoms with Crippen molar-refractivity contribution in [3.05, 3.63) is 111 Å². The van der Waals surface area contributed by atoms with Crippen molar-refractivity contribution in [1.82, 2.24) is 0 Å². The van der Waals surface area contributed by atoms with Gasteiger partial charge in [0.2, 0.25) is 0 Å². The van der Waals surface area contributed by atoms with Crippen LogP contribution in [0.25, 0.3) is 6.08 Å². The first-order valence-electron chi connectivity index (χ1n) is 11.0. The summed E-state index contributed by atoms with van der Waals surface area (Å²) in [5.41, 5.74) is 2.10. The molecule has 0 unspecified atom stereocenters. The minimum atomic E-state index is -0.462. The Hall–Kier alpha value is -3.77. The van der Waals surface area contributed by atoms with E-state index in [-0.39, 0.29) is 28.7 Å². The summed E-state index contributed by atoms with van der Waals surface area (Å²) in [6.07, 6.45) is 4.28.